The molecule has 0 unspecified atom stereocenters. The molecule has 0 spiro atoms. The van der Waals surface area contributed by atoms with Crippen molar-refractivity contribution in [1.29, 1.82) is 0 Å². The van der Waals surface area contributed by atoms with Gasteiger partial charge in [0, 0.05) is 38.2 Å². The number of aromatic nitrogens is 2. The molecule has 12 heteroatoms. The van der Waals surface area contributed by atoms with Gasteiger partial charge >= 0.3 is 5.69 Å². The smallest absolute Gasteiger partial charge is 0.328 e. The molecule has 1 heterocycles. The summed E-state index contributed by atoms with van der Waals surface area (Å²) < 4.78 is 35.3. The molecule has 2 aliphatic rings. The van der Waals surface area contributed by atoms with Crippen LogP contribution < -0.4 is 39.4 Å². The summed E-state index contributed by atoms with van der Waals surface area (Å²) in [5.74, 6) is 3.57. The molecule has 2 aromatic carbocycles. The van der Waals surface area contributed by atoms with Gasteiger partial charge in [-0.1, -0.05) is 27.7 Å². The van der Waals surface area contributed by atoms with Crippen LogP contribution >= 0.6 is 0 Å². The summed E-state index contributed by atoms with van der Waals surface area (Å²) in [6.45, 7) is 9.23. The lowest BCUT2D eigenvalue weighted by atomic mass is 9.77. The number of allylic oxidation sites excluding steroid dienone is 2. The number of ether oxygens (including phenoxy) is 6. The quantitative estimate of drug-likeness (QED) is 0.275. The van der Waals surface area contributed by atoms with Gasteiger partial charge < -0.3 is 33.7 Å². The van der Waals surface area contributed by atoms with Gasteiger partial charge in [0.15, 0.2) is 34.6 Å². The fourth-order valence-corrected chi connectivity index (χ4v) is 6.76. The number of Topliss-reactive ketones (excluding diaryl/α,β-unsaturated/α-hetero) is 1. The Balaban J connectivity index is 0.000000228. The van der Waals surface area contributed by atoms with E-state index in [0.29, 0.717) is 72.5 Å². The van der Waals surface area contributed by atoms with Crippen molar-refractivity contribution in [3.63, 3.8) is 0 Å². The summed E-state index contributed by atoms with van der Waals surface area (Å²) in [6, 6.07) is 7.46. The molecule has 0 fully saturated rings. The van der Waals surface area contributed by atoms with Crippen LogP contribution in [0.3, 0.4) is 0 Å². The van der Waals surface area contributed by atoms with E-state index in [9.17, 15) is 14.4 Å². The average molecular weight is 694 g/mol. The number of methoxy groups -OCH3 is 6. The van der Waals surface area contributed by atoms with E-state index in [1.807, 2.05) is 24.3 Å². The minimum atomic E-state index is -0.195. The Morgan fingerprint density at radius 2 is 1.14 bits per heavy atom. The molecule has 12 nitrogen and oxygen atoms in total. The van der Waals surface area contributed by atoms with Gasteiger partial charge in [0.2, 0.25) is 11.5 Å². The van der Waals surface area contributed by atoms with Gasteiger partial charge in [-0.2, -0.15) is 0 Å². The number of fused-ring (bicyclic) bond motifs is 1. The molecule has 0 radical (unpaired) electrons. The molecule has 1 N–H and O–H groups in total. The van der Waals surface area contributed by atoms with E-state index < -0.39 is 0 Å². The SMILES string of the molecule is COc1cc(CNC2=CC(=O)CC(C)(C)C2)cc(OC)c1OC.COc1cc(Cn2c3c(n(C)c2=O)C(=O)CC(C)(C)C3)cc(OC)c1OC. The highest BCUT2D eigenvalue weighted by atomic mass is 16.5. The van der Waals surface area contributed by atoms with Crippen molar-refractivity contribution >= 4 is 11.6 Å². The van der Waals surface area contributed by atoms with Crippen LogP contribution in [0, 0.1) is 10.8 Å². The molecule has 50 heavy (non-hydrogen) atoms. The Morgan fingerprint density at radius 3 is 1.60 bits per heavy atom. The van der Waals surface area contributed by atoms with Crippen molar-refractivity contribution in [2.24, 2.45) is 17.9 Å². The molecule has 0 atom stereocenters. The van der Waals surface area contributed by atoms with Crippen LogP contribution in [0.2, 0.25) is 0 Å². The maximum Gasteiger partial charge on any atom is 0.328 e. The van der Waals surface area contributed by atoms with Gasteiger partial charge in [-0.15, -0.1) is 0 Å². The lowest BCUT2D eigenvalue weighted by Gasteiger charge is -2.29. The highest BCUT2D eigenvalue weighted by Gasteiger charge is 2.36. The molecule has 0 amide bonds. The molecule has 272 valence electrons. The summed E-state index contributed by atoms with van der Waals surface area (Å²) in [6.07, 6.45) is 4.30. The molecular formula is C38H51N3O9. The number of nitrogens with one attached hydrogen (secondary N) is 1. The topological polar surface area (TPSA) is 128 Å². The van der Waals surface area contributed by atoms with Crippen LogP contribution in [-0.4, -0.2) is 63.4 Å². The number of imidazole rings is 1. The number of hydrogen-bond acceptors (Lipinski definition) is 10. The number of carbonyl (C=O) groups is 2. The van der Waals surface area contributed by atoms with Crippen molar-refractivity contribution in [2.75, 3.05) is 42.7 Å². The van der Waals surface area contributed by atoms with Crippen molar-refractivity contribution in [2.45, 2.75) is 66.5 Å². The minimum absolute atomic E-state index is 0.00343. The van der Waals surface area contributed by atoms with Gasteiger partial charge in [0.05, 0.1) is 54.9 Å². The first-order valence-electron chi connectivity index (χ1n) is 16.5. The molecule has 2 aliphatic carbocycles. The summed E-state index contributed by atoms with van der Waals surface area (Å²) in [5.41, 5.74) is 3.74. The standard InChI is InChI=1S/C20H26N2O5.C18H25NO4/c1-20(2)9-13-17(14(23)10-20)21(3)19(24)22(13)11-12-7-15(25-4)18(27-6)16(8-12)26-5;1-18(2)9-13(8-14(20)10-18)19-11-12-6-15(21-3)17(23-5)16(7-12)22-4/h7-8H,9-11H2,1-6H3;6-8,19H,9-11H2,1-5H3. The fraction of sp³-hybridized carbons (Fsp3) is 0.500. The zero-order chi connectivity index (χ0) is 37.0. The van der Waals surface area contributed by atoms with Crippen LogP contribution in [0.25, 0.3) is 0 Å². The predicted octanol–water partition coefficient (Wildman–Crippen LogP) is 5.49. The van der Waals surface area contributed by atoms with Crippen molar-refractivity contribution in [3.8, 4) is 34.5 Å². The summed E-state index contributed by atoms with van der Waals surface area (Å²) >= 11 is 0. The van der Waals surface area contributed by atoms with E-state index in [1.54, 1.807) is 60.3 Å². The molecule has 1 aromatic heterocycles. The molecule has 0 saturated carbocycles. The maximum absolute atomic E-state index is 12.8. The van der Waals surface area contributed by atoms with E-state index in [-0.39, 0.29) is 28.1 Å². The highest BCUT2D eigenvalue weighted by Crippen LogP contribution is 2.40. The summed E-state index contributed by atoms with van der Waals surface area (Å²) in [5, 5.41) is 3.35. The predicted molar refractivity (Wildman–Crippen MR) is 190 cm³/mol. The maximum atomic E-state index is 12.8. The van der Waals surface area contributed by atoms with Crippen LogP contribution in [-0.2, 0) is 31.4 Å². The van der Waals surface area contributed by atoms with E-state index in [1.165, 1.54) is 4.57 Å². The van der Waals surface area contributed by atoms with Crippen LogP contribution in [0.5, 0.6) is 34.5 Å². The van der Waals surface area contributed by atoms with Crippen LogP contribution in [0.4, 0.5) is 0 Å². The third-order valence-corrected chi connectivity index (χ3v) is 8.97. The van der Waals surface area contributed by atoms with Gasteiger partial charge in [-0.3, -0.25) is 18.7 Å². The first-order valence-corrected chi connectivity index (χ1v) is 16.5. The number of carbonyl (C=O) groups excluding carboxylic acids is 2. The Labute approximate surface area is 294 Å². The number of ketones is 2. The molecule has 0 saturated heterocycles. The van der Waals surface area contributed by atoms with Crippen molar-refractivity contribution in [3.05, 3.63) is 69.0 Å². The van der Waals surface area contributed by atoms with Crippen LogP contribution in [0.15, 0.2) is 40.8 Å². The molecular weight excluding hydrogens is 642 g/mol. The third kappa shape index (κ3) is 8.28. The van der Waals surface area contributed by atoms with Crippen molar-refractivity contribution < 1.29 is 38.0 Å². The first-order chi connectivity index (χ1) is 23.6. The van der Waals surface area contributed by atoms with E-state index in [0.717, 1.165) is 28.9 Å². The molecule has 0 bridgehead atoms. The summed E-state index contributed by atoms with van der Waals surface area (Å²) in [4.78, 5) is 37.2. The minimum Gasteiger partial charge on any atom is -0.493 e. The second kappa shape index (κ2) is 15.3. The van der Waals surface area contributed by atoms with Crippen molar-refractivity contribution in [1.82, 2.24) is 14.5 Å². The average Bonchev–Trinajstić information content (AvgIpc) is 3.29. The third-order valence-electron chi connectivity index (χ3n) is 8.97. The van der Waals surface area contributed by atoms with Gasteiger partial charge in [0.1, 0.15) is 5.69 Å². The Bertz CT molecular complexity index is 1780. The van der Waals surface area contributed by atoms with Gasteiger partial charge in [-0.25, -0.2) is 4.79 Å². The van der Waals surface area contributed by atoms with Gasteiger partial charge in [-0.05, 0) is 59.1 Å². The van der Waals surface area contributed by atoms with Crippen LogP contribution in [0.1, 0.15) is 74.3 Å². The first kappa shape index (κ1) is 37.9. The Kier molecular flexibility index (Phi) is 11.6. The van der Waals surface area contributed by atoms with E-state index in [4.69, 9.17) is 28.4 Å². The molecule has 5 rings (SSSR count). The lowest BCUT2D eigenvalue weighted by Crippen LogP contribution is -2.29. The van der Waals surface area contributed by atoms with Gasteiger partial charge in [0.25, 0.3) is 0 Å². The van der Waals surface area contributed by atoms with E-state index >= 15 is 0 Å². The Hall–Kier alpha value is -4.87. The second-order valence-corrected chi connectivity index (χ2v) is 14.2. The number of hydrogen-bond donors (Lipinski definition) is 1. The van der Waals surface area contributed by atoms with E-state index in [2.05, 4.69) is 33.0 Å². The summed E-state index contributed by atoms with van der Waals surface area (Å²) in [7, 11) is 11.1. The highest BCUT2D eigenvalue weighted by molar-refractivity contribution is 5.97. The second-order valence-electron chi connectivity index (χ2n) is 14.2. The number of benzene rings is 2. The molecule has 0 aliphatic heterocycles. The normalized spacial score (nSPS) is 15.9. The Morgan fingerprint density at radius 1 is 0.660 bits per heavy atom. The lowest BCUT2D eigenvalue weighted by molar-refractivity contribution is -0.117. The number of nitrogens with zero attached hydrogens (tertiary/aromatic N) is 2. The fourth-order valence-electron chi connectivity index (χ4n) is 6.76. The zero-order valence-electron chi connectivity index (χ0n) is 31.2. The molecule has 3 aromatic rings. The zero-order valence-corrected chi connectivity index (χ0v) is 31.2. The largest absolute Gasteiger partial charge is 0.493 e. The monoisotopic (exact) mass is 693 g/mol. The number of rotatable bonds is 11.